The van der Waals surface area contributed by atoms with Crippen molar-refractivity contribution < 1.29 is 13.2 Å². The van der Waals surface area contributed by atoms with Crippen molar-refractivity contribution in [1.82, 2.24) is 10.6 Å². The zero-order chi connectivity index (χ0) is 15.5. The summed E-state index contributed by atoms with van der Waals surface area (Å²) in [7, 11) is -3.18. The Morgan fingerprint density at radius 2 is 1.90 bits per heavy atom. The van der Waals surface area contributed by atoms with E-state index in [2.05, 4.69) is 10.6 Å². The molecule has 1 fully saturated rings. The highest BCUT2D eigenvalue weighted by atomic mass is 32.2. The number of carbonyl (C=O) groups excluding carboxylic acids is 1. The molecule has 1 unspecified atom stereocenters. The van der Waals surface area contributed by atoms with Crippen LogP contribution in [0, 0.1) is 5.92 Å². The second-order valence-electron chi connectivity index (χ2n) is 5.70. The largest absolute Gasteiger partial charge is 0.348 e. The molecule has 1 amide bonds. The van der Waals surface area contributed by atoms with Crippen molar-refractivity contribution in [2.45, 2.75) is 30.7 Å². The van der Waals surface area contributed by atoms with Crippen LogP contribution in [0.5, 0.6) is 0 Å². The Morgan fingerprint density at radius 3 is 2.43 bits per heavy atom. The van der Waals surface area contributed by atoms with Crippen molar-refractivity contribution in [2.75, 3.05) is 19.3 Å². The van der Waals surface area contributed by atoms with E-state index in [-0.39, 0.29) is 16.8 Å². The molecule has 21 heavy (non-hydrogen) atoms. The van der Waals surface area contributed by atoms with Gasteiger partial charge in [-0.25, -0.2) is 8.42 Å². The number of amides is 1. The van der Waals surface area contributed by atoms with E-state index in [1.165, 1.54) is 19.1 Å². The third kappa shape index (κ3) is 5.13. The number of nitrogens with one attached hydrogen (secondary N) is 2. The van der Waals surface area contributed by atoms with Crippen molar-refractivity contribution in [1.29, 1.82) is 0 Å². The predicted octanol–water partition coefficient (Wildman–Crippen LogP) is 1.27. The van der Waals surface area contributed by atoms with Crippen LogP contribution in [0.4, 0.5) is 0 Å². The van der Waals surface area contributed by atoms with E-state index in [4.69, 9.17) is 0 Å². The molecule has 116 valence electrons. The lowest BCUT2D eigenvalue weighted by molar-refractivity contribution is -0.120. The van der Waals surface area contributed by atoms with Crippen LogP contribution in [0.1, 0.15) is 31.4 Å². The van der Waals surface area contributed by atoms with E-state index >= 15 is 0 Å². The third-order valence-corrected chi connectivity index (χ3v) is 4.73. The van der Waals surface area contributed by atoms with Crippen LogP contribution < -0.4 is 10.6 Å². The van der Waals surface area contributed by atoms with Crippen LogP contribution in [-0.2, 0) is 14.6 Å². The van der Waals surface area contributed by atoms with Gasteiger partial charge in [0.05, 0.1) is 17.5 Å². The van der Waals surface area contributed by atoms with Crippen molar-refractivity contribution in [3.63, 3.8) is 0 Å². The molecule has 6 heteroatoms. The SMILES string of the molecule is CC(NC(=O)CNCC1CC1)c1ccc(S(C)(=O)=O)cc1. The van der Waals surface area contributed by atoms with Crippen LogP contribution in [-0.4, -0.2) is 33.7 Å². The zero-order valence-corrected chi connectivity index (χ0v) is 13.2. The van der Waals surface area contributed by atoms with Gasteiger partial charge in [0, 0.05) is 6.26 Å². The summed E-state index contributed by atoms with van der Waals surface area (Å²) in [6.45, 7) is 3.11. The summed E-state index contributed by atoms with van der Waals surface area (Å²) in [5.41, 5.74) is 0.887. The maximum absolute atomic E-state index is 11.8. The minimum absolute atomic E-state index is 0.0460. The fourth-order valence-corrected chi connectivity index (χ4v) is 2.72. The molecule has 0 radical (unpaired) electrons. The minimum atomic E-state index is -3.18. The molecule has 1 aliphatic rings. The predicted molar refractivity (Wildman–Crippen MR) is 81.7 cm³/mol. The van der Waals surface area contributed by atoms with Gasteiger partial charge in [-0.1, -0.05) is 12.1 Å². The van der Waals surface area contributed by atoms with E-state index < -0.39 is 9.84 Å². The summed E-state index contributed by atoms with van der Waals surface area (Å²) in [4.78, 5) is 12.1. The van der Waals surface area contributed by atoms with Crippen LogP contribution in [0.2, 0.25) is 0 Å². The van der Waals surface area contributed by atoms with Crippen LogP contribution in [0.25, 0.3) is 0 Å². The van der Waals surface area contributed by atoms with Gasteiger partial charge in [-0.2, -0.15) is 0 Å². The lowest BCUT2D eigenvalue weighted by atomic mass is 10.1. The maximum atomic E-state index is 11.8. The summed E-state index contributed by atoms with van der Waals surface area (Å²) in [6, 6.07) is 6.46. The Kier molecular flexibility index (Phi) is 5.00. The molecular formula is C15H22N2O3S. The molecule has 0 spiro atoms. The highest BCUT2D eigenvalue weighted by Gasteiger charge is 2.20. The Labute approximate surface area is 126 Å². The summed E-state index contributed by atoms with van der Waals surface area (Å²) in [5.74, 6) is 0.703. The molecule has 0 aromatic heterocycles. The summed E-state index contributed by atoms with van der Waals surface area (Å²) >= 11 is 0. The number of sulfone groups is 1. The van der Waals surface area contributed by atoms with E-state index in [1.54, 1.807) is 24.3 Å². The fourth-order valence-electron chi connectivity index (χ4n) is 2.09. The van der Waals surface area contributed by atoms with E-state index in [9.17, 15) is 13.2 Å². The van der Waals surface area contributed by atoms with Crippen molar-refractivity contribution in [3.05, 3.63) is 29.8 Å². The lowest BCUT2D eigenvalue weighted by Gasteiger charge is -2.15. The number of carbonyl (C=O) groups is 1. The smallest absolute Gasteiger partial charge is 0.234 e. The second-order valence-corrected chi connectivity index (χ2v) is 7.72. The van der Waals surface area contributed by atoms with E-state index in [0.29, 0.717) is 6.54 Å². The van der Waals surface area contributed by atoms with Gasteiger partial charge in [0.15, 0.2) is 9.84 Å². The Morgan fingerprint density at radius 1 is 1.29 bits per heavy atom. The average Bonchev–Trinajstić information content (AvgIpc) is 3.22. The van der Waals surface area contributed by atoms with Crippen LogP contribution in [0.15, 0.2) is 29.2 Å². The molecular weight excluding hydrogens is 288 g/mol. The normalized spacial score (nSPS) is 16.5. The molecule has 1 aliphatic carbocycles. The first-order valence-corrected chi connectivity index (χ1v) is 9.05. The molecule has 1 atom stereocenters. The van der Waals surface area contributed by atoms with Crippen molar-refractivity contribution in [3.8, 4) is 0 Å². The molecule has 0 heterocycles. The van der Waals surface area contributed by atoms with Crippen LogP contribution in [0.3, 0.4) is 0 Å². The van der Waals surface area contributed by atoms with Gasteiger partial charge >= 0.3 is 0 Å². The zero-order valence-electron chi connectivity index (χ0n) is 12.4. The highest BCUT2D eigenvalue weighted by Crippen LogP contribution is 2.27. The number of hydrogen-bond acceptors (Lipinski definition) is 4. The molecule has 1 saturated carbocycles. The molecule has 1 aromatic rings. The molecule has 2 N–H and O–H groups in total. The first-order valence-electron chi connectivity index (χ1n) is 7.16. The molecule has 0 aliphatic heterocycles. The molecule has 0 saturated heterocycles. The van der Waals surface area contributed by atoms with Gasteiger partial charge < -0.3 is 10.6 Å². The first kappa shape index (κ1) is 16.0. The maximum Gasteiger partial charge on any atom is 0.234 e. The summed E-state index contributed by atoms with van der Waals surface area (Å²) < 4.78 is 22.8. The molecule has 0 bridgehead atoms. The van der Waals surface area contributed by atoms with E-state index in [0.717, 1.165) is 18.0 Å². The highest BCUT2D eigenvalue weighted by molar-refractivity contribution is 7.90. The van der Waals surface area contributed by atoms with Crippen molar-refractivity contribution >= 4 is 15.7 Å². The molecule has 2 rings (SSSR count). The fraction of sp³-hybridized carbons (Fsp3) is 0.533. The van der Waals surface area contributed by atoms with Crippen molar-refractivity contribution in [2.24, 2.45) is 5.92 Å². The molecule has 5 nitrogen and oxygen atoms in total. The third-order valence-electron chi connectivity index (χ3n) is 3.60. The van der Waals surface area contributed by atoms with Gasteiger partial charge in [-0.15, -0.1) is 0 Å². The standard InChI is InChI=1S/C15H22N2O3S/c1-11(17-15(18)10-16-9-12-3-4-12)13-5-7-14(8-6-13)21(2,19)20/h5-8,11-12,16H,3-4,9-10H2,1-2H3,(H,17,18). The van der Waals surface area contributed by atoms with Gasteiger partial charge in [0.25, 0.3) is 0 Å². The van der Waals surface area contributed by atoms with Gasteiger partial charge in [-0.05, 0) is 49.9 Å². The molecule has 1 aromatic carbocycles. The van der Waals surface area contributed by atoms with Crippen LogP contribution >= 0.6 is 0 Å². The first-order chi connectivity index (χ1) is 9.86. The number of hydrogen-bond donors (Lipinski definition) is 2. The van der Waals surface area contributed by atoms with Gasteiger partial charge in [0.2, 0.25) is 5.91 Å². The average molecular weight is 310 g/mol. The van der Waals surface area contributed by atoms with E-state index in [1.807, 2.05) is 6.92 Å². The number of rotatable bonds is 7. The van der Waals surface area contributed by atoms with Gasteiger partial charge in [0.1, 0.15) is 0 Å². The topological polar surface area (TPSA) is 75.3 Å². The lowest BCUT2D eigenvalue weighted by Crippen LogP contribution is -2.36. The minimum Gasteiger partial charge on any atom is -0.348 e. The quantitative estimate of drug-likeness (QED) is 0.795. The number of benzene rings is 1. The Bertz CT molecular complexity index is 592. The summed E-state index contributed by atoms with van der Waals surface area (Å²) in [6.07, 6.45) is 3.70. The Balaban J connectivity index is 1.84. The Hall–Kier alpha value is -1.40. The van der Waals surface area contributed by atoms with Gasteiger partial charge in [-0.3, -0.25) is 4.79 Å². The monoisotopic (exact) mass is 310 g/mol. The second kappa shape index (κ2) is 6.58. The summed E-state index contributed by atoms with van der Waals surface area (Å²) in [5, 5.41) is 6.04.